The van der Waals surface area contributed by atoms with E-state index in [4.69, 9.17) is 19.3 Å². The highest BCUT2D eigenvalue weighted by Crippen LogP contribution is 2.16. The van der Waals surface area contributed by atoms with Gasteiger partial charge in [0.05, 0.1) is 20.3 Å². The lowest BCUT2D eigenvalue weighted by Crippen LogP contribution is -2.30. The van der Waals surface area contributed by atoms with Crippen molar-refractivity contribution in [1.29, 1.82) is 0 Å². The summed E-state index contributed by atoms with van der Waals surface area (Å²) in [5.41, 5.74) is 0. The van der Waals surface area contributed by atoms with Gasteiger partial charge in [0, 0.05) is 13.2 Å². The number of carbonyl (C=O) groups is 1. The second-order valence-electron chi connectivity index (χ2n) is 4.00. The fraction of sp³-hybridized carbons (Fsp3) is 0.500. The molecule has 0 bridgehead atoms. The molecule has 1 aromatic carbocycles. The molecule has 20 heavy (non-hydrogen) atoms. The number of carbonyl (C=O) groups excluding carboxylic acids is 1. The minimum atomic E-state index is -0.178. The van der Waals surface area contributed by atoms with Crippen molar-refractivity contribution in [3.05, 3.63) is 24.3 Å². The highest BCUT2D eigenvalue weighted by atomic mass is 16.5. The van der Waals surface area contributed by atoms with Crippen molar-refractivity contribution in [2.24, 2.45) is 0 Å². The number of benzene rings is 1. The summed E-state index contributed by atoms with van der Waals surface area (Å²) in [5.74, 6) is 1.18. The number of aliphatic hydroxyl groups is 1. The third kappa shape index (κ3) is 6.96. The molecule has 0 saturated heterocycles. The Morgan fingerprint density at radius 1 is 1.20 bits per heavy atom. The molecule has 0 fully saturated rings. The minimum Gasteiger partial charge on any atom is -0.497 e. The van der Waals surface area contributed by atoms with E-state index in [0.717, 1.165) is 5.75 Å². The van der Waals surface area contributed by atoms with Crippen molar-refractivity contribution < 1.29 is 24.1 Å². The molecule has 6 nitrogen and oxygen atoms in total. The van der Waals surface area contributed by atoms with Crippen LogP contribution in [0.3, 0.4) is 0 Å². The number of rotatable bonds is 10. The molecule has 0 spiro atoms. The van der Waals surface area contributed by atoms with Crippen LogP contribution in [-0.4, -0.2) is 51.1 Å². The van der Waals surface area contributed by atoms with Gasteiger partial charge in [-0.3, -0.25) is 4.79 Å². The van der Waals surface area contributed by atoms with Crippen LogP contribution in [0.5, 0.6) is 11.5 Å². The average Bonchev–Trinajstić information content (AvgIpc) is 2.49. The molecule has 2 N–H and O–H groups in total. The van der Waals surface area contributed by atoms with Gasteiger partial charge >= 0.3 is 0 Å². The van der Waals surface area contributed by atoms with Crippen LogP contribution in [0.15, 0.2) is 24.3 Å². The number of nitrogens with one attached hydrogen (secondary N) is 1. The Kier molecular flexibility index (Phi) is 8.17. The van der Waals surface area contributed by atoms with E-state index in [-0.39, 0.29) is 19.1 Å². The van der Waals surface area contributed by atoms with E-state index < -0.39 is 0 Å². The predicted octanol–water partition coefficient (Wildman–Crippen LogP) is 0.589. The van der Waals surface area contributed by atoms with Crippen molar-refractivity contribution in [3.8, 4) is 11.5 Å². The molecular weight excluding hydrogens is 262 g/mol. The van der Waals surface area contributed by atoms with E-state index >= 15 is 0 Å². The van der Waals surface area contributed by atoms with Gasteiger partial charge in [0.2, 0.25) is 0 Å². The van der Waals surface area contributed by atoms with Crippen LogP contribution >= 0.6 is 0 Å². The summed E-state index contributed by atoms with van der Waals surface area (Å²) in [7, 11) is 1.59. The number of hydrogen-bond acceptors (Lipinski definition) is 5. The molecule has 0 aromatic heterocycles. The maximum Gasteiger partial charge on any atom is 0.257 e. The van der Waals surface area contributed by atoms with Crippen LogP contribution < -0.4 is 14.8 Å². The summed E-state index contributed by atoms with van der Waals surface area (Å²) in [6.07, 6.45) is 0.703. The highest BCUT2D eigenvalue weighted by molar-refractivity contribution is 5.77. The van der Waals surface area contributed by atoms with E-state index in [1.165, 1.54) is 0 Å². The van der Waals surface area contributed by atoms with E-state index in [1.807, 2.05) is 0 Å². The lowest BCUT2D eigenvalue weighted by atomic mass is 10.3. The van der Waals surface area contributed by atoms with Crippen LogP contribution in [-0.2, 0) is 9.53 Å². The lowest BCUT2D eigenvalue weighted by molar-refractivity contribution is -0.123. The number of hydrogen-bond donors (Lipinski definition) is 2. The summed E-state index contributed by atoms with van der Waals surface area (Å²) in [4.78, 5) is 11.5. The van der Waals surface area contributed by atoms with Crippen molar-refractivity contribution in [2.45, 2.75) is 6.42 Å². The standard InChI is InChI=1S/C14H21NO5/c1-18-12-3-5-13(6-4-12)20-11-14(17)15-7-2-9-19-10-8-16/h3-6,16H,2,7-11H2,1H3,(H,15,17). The Morgan fingerprint density at radius 3 is 2.55 bits per heavy atom. The zero-order valence-electron chi connectivity index (χ0n) is 11.6. The van der Waals surface area contributed by atoms with E-state index in [0.29, 0.717) is 31.9 Å². The number of methoxy groups -OCH3 is 1. The topological polar surface area (TPSA) is 77.0 Å². The molecule has 1 amide bonds. The summed E-state index contributed by atoms with van der Waals surface area (Å²) in [5, 5.41) is 11.2. The maximum atomic E-state index is 11.5. The van der Waals surface area contributed by atoms with E-state index in [2.05, 4.69) is 5.32 Å². The van der Waals surface area contributed by atoms with Gasteiger partial charge in [-0.25, -0.2) is 0 Å². The molecule has 1 aromatic rings. The second-order valence-corrected chi connectivity index (χ2v) is 4.00. The first-order chi connectivity index (χ1) is 9.76. The molecule has 6 heteroatoms. The first kappa shape index (κ1) is 16.3. The Bertz CT molecular complexity index is 380. The summed E-state index contributed by atoms with van der Waals surface area (Å²) < 4.78 is 15.4. The molecule has 0 saturated carbocycles. The van der Waals surface area contributed by atoms with Gasteiger partial charge in [0.15, 0.2) is 6.61 Å². The molecule has 0 heterocycles. The monoisotopic (exact) mass is 283 g/mol. The van der Waals surface area contributed by atoms with Crippen LogP contribution in [0.2, 0.25) is 0 Å². The second kappa shape index (κ2) is 10.1. The van der Waals surface area contributed by atoms with Crippen LogP contribution in [0.4, 0.5) is 0 Å². The van der Waals surface area contributed by atoms with Crippen molar-refractivity contribution in [3.63, 3.8) is 0 Å². The number of ether oxygens (including phenoxy) is 3. The van der Waals surface area contributed by atoms with E-state index in [9.17, 15) is 4.79 Å². The van der Waals surface area contributed by atoms with Crippen molar-refractivity contribution in [1.82, 2.24) is 5.32 Å². The number of aliphatic hydroxyl groups excluding tert-OH is 1. The van der Waals surface area contributed by atoms with Crippen molar-refractivity contribution >= 4 is 5.91 Å². The highest BCUT2D eigenvalue weighted by Gasteiger charge is 2.02. The van der Waals surface area contributed by atoms with Crippen LogP contribution in [0, 0.1) is 0 Å². The lowest BCUT2D eigenvalue weighted by Gasteiger charge is -2.08. The summed E-state index contributed by atoms with van der Waals surface area (Å²) in [6, 6.07) is 7.03. The Morgan fingerprint density at radius 2 is 1.90 bits per heavy atom. The van der Waals surface area contributed by atoms with Gasteiger partial charge in [-0.1, -0.05) is 0 Å². The molecule has 0 aliphatic carbocycles. The third-order valence-electron chi connectivity index (χ3n) is 2.45. The summed E-state index contributed by atoms with van der Waals surface area (Å²) >= 11 is 0. The van der Waals surface area contributed by atoms with Gasteiger partial charge in [-0.2, -0.15) is 0 Å². The SMILES string of the molecule is COc1ccc(OCC(=O)NCCCOCCO)cc1. The Hall–Kier alpha value is -1.79. The van der Waals surface area contributed by atoms with Crippen LogP contribution in [0.25, 0.3) is 0 Å². The number of amides is 1. The smallest absolute Gasteiger partial charge is 0.257 e. The first-order valence-corrected chi connectivity index (χ1v) is 6.48. The molecule has 0 aliphatic rings. The zero-order valence-corrected chi connectivity index (χ0v) is 11.6. The normalized spacial score (nSPS) is 10.1. The fourth-order valence-corrected chi connectivity index (χ4v) is 1.44. The van der Waals surface area contributed by atoms with Crippen molar-refractivity contribution in [2.75, 3.05) is 40.1 Å². The molecule has 112 valence electrons. The largest absolute Gasteiger partial charge is 0.497 e. The van der Waals surface area contributed by atoms with Gasteiger partial charge in [-0.15, -0.1) is 0 Å². The van der Waals surface area contributed by atoms with Gasteiger partial charge < -0.3 is 24.6 Å². The predicted molar refractivity (Wildman–Crippen MR) is 74.0 cm³/mol. The van der Waals surface area contributed by atoms with Gasteiger partial charge in [0.1, 0.15) is 11.5 Å². The zero-order chi connectivity index (χ0) is 14.6. The average molecular weight is 283 g/mol. The molecule has 0 unspecified atom stereocenters. The van der Waals surface area contributed by atoms with Gasteiger partial charge in [0.25, 0.3) is 5.91 Å². The molecule has 0 aliphatic heterocycles. The Balaban J connectivity index is 2.10. The molecular formula is C14H21NO5. The third-order valence-corrected chi connectivity index (χ3v) is 2.45. The van der Waals surface area contributed by atoms with E-state index in [1.54, 1.807) is 31.4 Å². The minimum absolute atomic E-state index is 0.0159. The quantitative estimate of drug-likeness (QED) is 0.615. The summed E-state index contributed by atoms with van der Waals surface area (Å²) in [6.45, 7) is 1.36. The molecule has 1 rings (SSSR count). The maximum absolute atomic E-state index is 11.5. The van der Waals surface area contributed by atoms with Crippen LogP contribution in [0.1, 0.15) is 6.42 Å². The Labute approximate surface area is 118 Å². The molecule has 0 atom stereocenters. The first-order valence-electron chi connectivity index (χ1n) is 6.48. The fourth-order valence-electron chi connectivity index (χ4n) is 1.44. The molecule has 0 radical (unpaired) electrons. The van der Waals surface area contributed by atoms with Gasteiger partial charge in [-0.05, 0) is 30.7 Å².